The van der Waals surface area contributed by atoms with Gasteiger partial charge in [0.1, 0.15) is 0 Å². The summed E-state index contributed by atoms with van der Waals surface area (Å²) in [5.41, 5.74) is 6.93. The van der Waals surface area contributed by atoms with Gasteiger partial charge in [-0.25, -0.2) is 0 Å². The molecule has 0 saturated carbocycles. The van der Waals surface area contributed by atoms with E-state index in [0.717, 1.165) is 21.5 Å². The molecular formula is C34H23BrN2. The largest absolute Gasteiger partial charge is 0.310 e. The molecule has 1 aromatic heterocycles. The van der Waals surface area contributed by atoms with Gasteiger partial charge in [0, 0.05) is 37.7 Å². The Morgan fingerprint density at radius 2 is 1.14 bits per heavy atom. The predicted octanol–water partition coefficient (Wildman–Crippen LogP) is 10.2. The molecule has 0 N–H and O–H groups in total. The summed E-state index contributed by atoms with van der Waals surface area (Å²) < 4.78 is 3.49. The van der Waals surface area contributed by atoms with Gasteiger partial charge in [-0.15, -0.1) is 0 Å². The molecule has 0 aliphatic rings. The number of nitrogens with zero attached hydrogens (tertiary/aromatic N) is 2. The lowest BCUT2D eigenvalue weighted by atomic mass is 10.1. The van der Waals surface area contributed by atoms with Crippen LogP contribution in [0.5, 0.6) is 0 Å². The van der Waals surface area contributed by atoms with Gasteiger partial charge in [-0.3, -0.25) is 0 Å². The quantitative estimate of drug-likeness (QED) is 0.216. The number of anilines is 3. The second-order valence-electron chi connectivity index (χ2n) is 9.20. The van der Waals surface area contributed by atoms with Crippen molar-refractivity contribution in [2.75, 3.05) is 4.90 Å². The standard InChI is InChI=1S/C34H23BrN2/c35-25-18-21-33-31(22-25)30-20-19-28(36(26-12-3-1-4-13-26)27-14-5-2-6-15-27)23-34(30)37(33)32-17-9-11-24-10-7-8-16-29(24)32/h1-23H. The first-order valence-corrected chi connectivity index (χ1v) is 13.2. The monoisotopic (exact) mass is 538 g/mol. The van der Waals surface area contributed by atoms with E-state index in [1.54, 1.807) is 0 Å². The number of fused-ring (bicyclic) bond motifs is 4. The van der Waals surface area contributed by atoms with E-state index in [9.17, 15) is 0 Å². The minimum atomic E-state index is 1.08. The molecule has 0 saturated heterocycles. The Bertz CT molecular complexity index is 1840. The third kappa shape index (κ3) is 3.71. The van der Waals surface area contributed by atoms with Crippen molar-refractivity contribution < 1.29 is 0 Å². The molecule has 0 amide bonds. The van der Waals surface area contributed by atoms with Crippen molar-refractivity contribution in [2.24, 2.45) is 0 Å². The van der Waals surface area contributed by atoms with Crippen LogP contribution in [-0.2, 0) is 0 Å². The summed E-state index contributed by atoms with van der Waals surface area (Å²) >= 11 is 3.70. The van der Waals surface area contributed by atoms with Crippen molar-refractivity contribution in [1.29, 1.82) is 0 Å². The van der Waals surface area contributed by atoms with Crippen molar-refractivity contribution in [3.63, 3.8) is 0 Å². The van der Waals surface area contributed by atoms with Crippen molar-refractivity contribution >= 4 is 65.6 Å². The van der Waals surface area contributed by atoms with Crippen LogP contribution in [0.1, 0.15) is 0 Å². The molecule has 6 aromatic carbocycles. The van der Waals surface area contributed by atoms with E-state index < -0.39 is 0 Å². The van der Waals surface area contributed by atoms with E-state index in [1.807, 2.05) is 0 Å². The maximum atomic E-state index is 3.70. The van der Waals surface area contributed by atoms with E-state index in [0.29, 0.717) is 0 Å². The fraction of sp³-hybridized carbons (Fsp3) is 0. The topological polar surface area (TPSA) is 8.17 Å². The zero-order valence-electron chi connectivity index (χ0n) is 20.1. The molecule has 0 radical (unpaired) electrons. The molecule has 0 aliphatic carbocycles. The smallest absolute Gasteiger partial charge is 0.0562 e. The zero-order chi connectivity index (χ0) is 24.8. The Hall–Kier alpha value is -4.34. The summed E-state index contributed by atoms with van der Waals surface area (Å²) in [4.78, 5) is 2.32. The number of benzene rings is 6. The van der Waals surface area contributed by atoms with Crippen LogP contribution >= 0.6 is 15.9 Å². The van der Waals surface area contributed by atoms with Crippen LogP contribution in [0.25, 0.3) is 38.3 Å². The average Bonchev–Trinajstić information content (AvgIpc) is 3.27. The van der Waals surface area contributed by atoms with Gasteiger partial charge in [-0.1, -0.05) is 94.8 Å². The van der Waals surface area contributed by atoms with E-state index in [-0.39, 0.29) is 0 Å². The number of hydrogen-bond donors (Lipinski definition) is 0. The molecule has 3 heteroatoms. The van der Waals surface area contributed by atoms with Crippen LogP contribution < -0.4 is 4.90 Å². The lowest BCUT2D eigenvalue weighted by molar-refractivity contribution is 1.19. The molecule has 0 fully saturated rings. The lowest BCUT2D eigenvalue weighted by Crippen LogP contribution is -2.09. The zero-order valence-corrected chi connectivity index (χ0v) is 21.6. The third-order valence-electron chi connectivity index (χ3n) is 7.01. The molecule has 7 aromatic rings. The number of aromatic nitrogens is 1. The second-order valence-corrected chi connectivity index (χ2v) is 10.1. The Morgan fingerprint density at radius 1 is 0.459 bits per heavy atom. The summed E-state index contributed by atoms with van der Waals surface area (Å²) in [5, 5.41) is 4.93. The first-order valence-electron chi connectivity index (χ1n) is 12.4. The van der Waals surface area contributed by atoms with Crippen LogP contribution in [0.15, 0.2) is 144 Å². The maximum Gasteiger partial charge on any atom is 0.0562 e. The highest BCUT2D eigenvalue weighted by Gasteiger charge is 2.18. The molecule has 0 bridgehead atoms. The van der Waals surface area contributed by atoms with Gasteiger partial charge in [0.05, 0.1) is 16.7 Å². The molecule has 0 spiro atoms. The Kier molecular flexibility index (Phi) is 5.30. The number of hydrogen-bond acceptors (Lipinski definition) is 1. The molecule has 7 rings (SSSR count). The fourth-order valence-corrected chi connectivity index (χ4v) is 5.75. The Morgan fingerprint density at radius 3 is 1.89 bits per heavy atom. The van der Waals surface area contributed by atoms with Crippen LogP contribution in [0, 0.1) is 0 Å². The first kappa shape index (κ1) is 21.9. The van der Waals surface area contributed by atoms with E-state index >= 15 is 0 Å². The van der Waals surface area contributed by atoms with Crippen molar-refractivity contribution in [2.45, 2.75) is 0 Å². The second kappa shape index (κ2) is 8.95. The van der Waals surface area contributed by atoms with E-state index in [1.165, 1.54) is 38.3 Å². The predicted molar refractivity (Wildman–Crippen MR) is 161 cm³/mol. The minimum absolute atomic E-state index is 1.08. The first-order chi connectivity index (χ1) is 18.3. The molecule has 0 aliphatic heterocycles. The third-order valence-corrected chi connectivity index (χ3v) is 7.50. The fourth-order valence-electron chi connectivity index (χ4n) is 5.38. The SMILES string of the molecule is Brc1ccc2c(c1)c1ccc(N(c3ccccc3)c3ccccc3)cc1n2-c1cccc2ccccc12. The van der Waals surface area contributed by atoms with Crippen LogP contribution in [-0.4, -0.2) is 4.57 Å². The summed E-state index contributed by atoms with van der Waals surface area (Å²) in [6.07, 6.45) is 0. The number of para-hydroxylation sites is 2. The van der Waals surface area contributed by atoms with Crippen molar-refractivity contribution in [1.82, 2.24) is 4.57 Å². The van der Waals surface area contributed by atoms with Crippen LogP contribution in [0.4, 0.5) is 17.1 Å². The minimum Gasteiger partial charge on any atom is -0.310 e. The van der Waals surface area contributed by atoms with Gasteiger partial charge in [0.25, 0.3) is 0 Å². The molecule has 37 heavy (non-hydrogen) atoms. The number of rotatable bonds is 4. The van der Waals surface area contributed by atoms with Gasteiger partial charge in [-0.2, -0.15) is 0 Å². The molecule has 0 unspecified atom stereocenters. The molecule has 2 nitrogen and oxygen atoms in total. The molecule has 1 heterocycles. The highest BCUT2D eigenvalue weighted by atomic mass is 79.9. The van der Waals surface area contributed by atoms with Gasteiger partial charge in [-0.05, 0) is 66.0 Å². The Balaban J connectivity index is 1.56. The molecular weight excluding hydrogens is 516 g/mol. The van der Waals surface area contributed by atoms with Gasteiger partial charge in [0.2, 0.25) is 0 Å². The normalized spacial score (nSPS) is 11.4. The van der Waals surface area contributed by atoms with Gasteiger partial charge < -0.3 is 9.47 Å². The highest BCUT2D eigenvalue weighted by Crippen LogP contribution is 2.40. The summed E-state index contributed by atoms with van der Waals surface area (Å²) in [6, 6.07) is 49.7. The summed E-state index contributed by atoms with van der Waals surface area (Å²) in [6.45, 7) is 0. The van der Waals surface area contributed by atoms with Crippen molar-refractivity contribution in [3.8, 4) is 5.69 Å². The van der Waals surface area contributed by atoms with Crippen LogP contribution in [0.2, 0.25) is 0 Å². The molecule has 0 atom stereocenters. The summed E-state index contributed by atoms with van der Waals surface area (Å²) in [5.74, 6) is 0. The Labute approximate surface area is 224 Å². The average molecular weight is 539 g/mol. The lowest BCUT2D eigenvalue weighted by Gasteiger charge is -2.25. The van der Waals surface area contributed by atoms with Gasteiger partial charge >= 0.3 is 0 Å². The van der Waals surface area contributed by atoms with Gasteiger partial charge in [0.15, 0.2) is 0 Å². The highest BCUT2D eigenvalue weighted by molar-refractivity contribution is 9.10. The number of halogens is 1. The van der Waals surface area contributed by atoms with Crippen LogP contribution in [0.3, 0.4) is 0 Å². The summed E-state index contributed by atoms with van der Waals surface area (Å²) in [7, 11) is 0. The van der Waals surface area contributed by atoms with Crippen molar-refractivity contribution in [3.05, 3.63) is 144 Å². The van der Waals surface area contributed by atoms with E-state index in [2.05, 4.69) is 165 Å². The molecule has 176 valence electrons. The van der Waals surface area contributed by atoms with E-state index in [4.69, 9.17) is 0 Å². The maximum absolute atomic E-state index is 3.70.